The van der Waals surface area contributed by atoms with E-state index < -0.39 is 0 Å². The zero-order chi connectivity index (χ0) is 14.1. The Labute approximate surface area is 125 Å². The van der Waals surface area contributed by atoms with Crippen molar-refractivity contribution in [3.8, 4) is 5.75 Å². The van der Waals surface area contributed by atoms with Gasteiger partial charge in [-0.2, -0.15) is 0 Å². The molecule has 0 atom stereocenters. The van der Waals surface area contributed by atoms with Gasteiger partial charge in [-0.15, -0.1) is 0 Å². The lowest BCUT2D eigenvalue weighted by atomic mass is 10.2. The molecule has 0 aliphatic rings. The van der Waals surface area contributed by atoms with E-state index in [2.05, 4.69) is 52.1 Å². The first-order valence-electron chi connectivity index (χ1n) is 6.96. The van der Waals surface area contributed by atoms with Crippen molar-refractivity contribution < 1.29 is 4.74 Å². The molecular formula is C15H25BrN2O. The number of ether oxygens (including phenoxy) is 1. The zero-order valence-corrected chi connectivity index (χ0v) is 13.8. The van der Waals surface area contributed by atoms with Crippen LogP contribution in [0.2, 0.25) is 0 Å². The summed E-state index contributed by atoms with van der Waals surface area (Å²) in [6.45, 7) is 9.75. The summed E-state index contributed by atoms with van der Waals surface area (Å²) in [4.78, 5) is 2.45. The minimum atomic E-state index is 0.856. The van der Waals surface area contributed by atoms with Crippen LogP contribution in [0.4, 0.5) is 0 Å². The van der Waals surface area contributed by atoms with Crippen molar-refractivity contribution in [1.29, 1.82) is 0 Å². The molecule has 0 unspecified atom stereocenters. The number of hydrogen-bond acceptors (Lipinski definition) is 3. The van der Waals surface area contributed by atoms with Gasteiger partial charge in [0.1, 0.15) is 5.75 Å². The molecule has 0 amide bonds. The van der Waals surface area contributed by atoms with Gasteiger partial charge in [0.15, 0.2) is 0 Å². The molecule has 0 fully saturated rings. The van der Waals surface area contributed by atoms with E-state index in [-0.39, 0.29) is 0 Å². The fourth-order valence-corrected chi connectivity index (χ4v) is 2.40. The van der Waals surface area contributed by atoms with E-state index in [4.69, 9.17) is 4.74 Å². The summed E-state index contributed by atoms with van der Waals surface area (Å²) in [5.74, 6) is 0.936. The molecule has 3 nitrogen and oxygen atoms in total. The first-order chi connectivity index (χ1) is 9.21. The molecule has 4 heteroatoms. The van der Waals surface area contributed by atoms with Crippen LogP contribution in [-0.2, 0) is 6.54 Å². The van der Waals surface area contributed by atoms with Crippen LogP contribution < -0.4 is 10.1 Å². The first kappa shape index (κ1) is 16.5. The Bertz CT molecular complexity index is 367. The fourth-order valence-electron chi connectivity index (χ4n) is 2.05. The van der Waals surface area contributed by atoms with Crippen molar-refractivity contribution in [2.45, 2.75) is 26.8 Å². The van der Waals surface area contributed by atoms with Crippen molar-refractivity contribution in [3.05, 3.63) is 28.2 Å². The lowest BCUT2D eigenvalue weighted by Gasteiger charge is -2.17. The fraction of sp³-hybridized carbons (Fsp3) is 0.600. The van der Waals surface area contributed by atoms with E-state index in [1.54, 1.807) is 7.11 Å². The highest BCUT2D eigenvalue weighted by Crippen LogP contribution is 2.23. The maximum Gasteiger partial charge on any atom is 0.124 e. The number of hydrogen-bond donors (Lipinski definition) is 1. The van der Waals surface area contributed by atoms with Crippen LogP contribution in [0.5, 0.6) is 5.75 Å². The van der Waals surface area contributed by atoms with Gasteiger partial charge >= 0.3 is 0 Å². The third kappa shape index (κ3) is 5.93. The lowest BCUT2D eigenvalue weighted by molar-refractivity contribution is 0.298. The molecule has 0 heterocycles. The Morgan fingerprint density at radius 3 is 2.63 bits per heavy atom. The first-order valence-corrected chi connectivity index (χ1v) is 7.76. The average molecular weight is 329 g/mol. The number of halogens is 1. The van der Waals surface area contributed by atoms with Gasteiger partial charge in [0, 0.05) is 16.6 Å². The van der Waals surface area contributed by atoms with Crippen molar-refractivity contribution in [2.75, 3.05) is 33.3 Å². The summed E-state index contributed by atoms with van der Waals surface area (Å²) in [6.07, 6.45) is 1.18. The van der Waals surface area contributed by atoms with Gasteiger partial charge in [-0.1, -0.05) is 35.8 Å². The van der Waals surface area contributed by atoms with Gasteiger partial charge in [0.05, 0.1) is 7.11 Å². The third-order valence-electron chi connectivity index (χ3n) is 3.29. The number of benzene rings is 1. The summed E-state index contributed by atoms with van der Waals surface area (Å²) in [5.41, 5.74) is 1.20. The Hall–Kier alpha value is -0.580. The van der Waals surface area contributed by atoms with E-state index in [1.165, 1.54) is 12.0 Å². The Morgan fingerprint density at radius 1 is 1.26 bits per heavy atom. The van der Waals surface area contributed by atoms with Crippen molar-refractivity contribution in [2.24, 2.45) is 0 Å². The number of methoxy groups -OCH3 is 1. The average Bonchev–Trinajstić information content (AvgIpc) is 2.44. The van der Waals surface area contributed by atoms with Crippen molar-refractivity contribution in [1.82, 2.24) is 10.2 Å². The molecular weight excluding hydrogens is 304 g/mol. The van der Waals surface area contributed by atoms with Crippen LogP contribution in [0.25, 0.3) is 0 Å². The smallest absolute Gasteiger partial charge is 0.124 e. The molecule has 0 saturated heterocycles. The predicted octanol–water partition coefficient (Wildman–Crippen LogP) is 3.28. The van der Waals surface area contributed by atoms with Crippen LogP contribution in [0.1, 0.15) is 25.8 Å². The Kier molecular flexibility index (Phi) is 8.10. The predicted molar refractivity (Wildman–Crippen MR) is 84.8 cm³/mol. The van der Waals surface area contributed by atoms with Crippen LogP contribution in [-0.4, -0.2) is 38.2 Å². The minimum absolute atomic E-state index is 0.856. The largest absolute Gasteiger partial charge is 0.496 e. The monoisotopic (exact) mass is 328 g/mol. The molecule has 0 aliphatic heterocycles. The summed E-state index contributed by atoms with van der Waals surface area (Å²) < 4.78 is 6.43. The standard InChI is InChI=1S/C15H25BrN2O/c1-4-18(5-2)10-6-9-17-12-13-7-8-14(16)11-15(13)19-3/h7-8,11,17H,4-6,9-10,12H2,1-3H3. The third-order valence-corrected chi connectivity index (χ3v) is 3.78. The van der Waals surface area contributed by atoms with Crippen molar-refractivity contribution >= 4 is 15.9 Å². The maximum atomic E-state index is 5.38. The SMILES string of the molecule is CCN(CC)CCCNCc1ccc(Br)cc1OC. The lowest BCUT2D eigenvalue weighted by Crippen LogP contribution is -2.27. The van der Waals surface area contributed by atoms with Gasteiger partial charge < -0.3 is 15.0 Å². The summed E-state index contributed by atoms with van der Waals surface area (Å²) in [5, 5.41) is 3.48. The molecule has 1 aromatic carbocycles. The molecule has 19 heavy (non-hydrogen) atoms. The molecule has 0 saturated carbocycles. The molecule has 0 bridgehead atoms. The quantitative estimate of drug-likeness (QED) is 0.704. The van der Waals surface area contributed by atoms with Gasteiger partial charge in [0.25, 0.3) is 0 Å². The van der Waals surface area contributed by atoms with Crippen LogP contribution in [0.3, 0.4) is 0 Å². The summed E-state index contributed by atoms with van der Waals surface area (Å²) in [6, 6.07) is 6.16. The molecule has 108 valence electrons. The second kappa shape index (κ2) is 9.34. The Balaban J connectivity index is 2.29. The van der Waals surface area contributed by atoms with E-state index >= 15 is 0 Å². The molecule has 1 N–H and O–H groups in total. The van der Waals surface area contributed by atoms with Crippen LogP contribution in [0.15, 0.2) is 22.7 Å². The highest BCUT2D eigenvalue weighted by atomic mass is 79.9. The Morgan fingerprint density at radius 2 is 2.00 bits per heavy atom. The number of nitrogens with one attached hydrogen (secondary N) is 1. The summed E-state index contributed by atoms with van der Waals surface area (Å²) >= 11 is 3.46. The molecule has 0 aromatic heterocycles. The second-order valence-corrected chi connectivity index (χ2v) is 5.43. The highest BCUT2D eigenvalue weighted by Gasteiger charge is 2.03. The van der Waals surface area contributed by atoms with E-state index in [0.29, 0.717) is 0 Å². The van der Waals surface area contributed by atoms with Gasteiger partial charge in [-0.05, 0) is 44.7 Å². The van der Waals surface area contributed by atoms with Crippen LogP contribution in [0, 0.1) is 0 Å². The molecule has 1 aromatic rings. The topological polar surface area (TPSA) is 24.5 Å². The van der Waals surface area contributed by atoms with E-state index in [1.807, 2.05) is 6.07 Å². The van der Waals surface area contributed by atoms with Crippen LogP contribution >= 0.6 is 15.9 Å². The number of rotatable bonds is 9. The molecule has 0 spiro atoms. The highest BCUT2D eigenvalue weighted by molar-refractivity contribution is 9.10. The van der Waals surface area contributed by atoms with E-state index in [0.717, 1.165) is 42.9 Å². The molecule has 0 radical (unpaired) electrons. The van der Waals surface area contributed by atoms with Gasteiger partial charge in [-0.25, -0.2) is 0 Å². The second-order valence-electron chi connectivity index (χ2n) is 4.51. The van der Waals surface area contributed by atoms with E-state index in [9.17, 15) is 0 Å². The molecule has 1 rings (SSSR count). The van der Waals surface area contributed by atoms with Gasteiger partial charge in [0.2, 0.25) is 0 Å². The summed E-state index contributed by atoms with van der Waals surface area (Å²) in [7, 11) is 1.71. The maximum absolute atomic E-state index is 5.38. The minimum Gasteiger partial charge on any atom is -0.496 e. The molecule has 0 aliphatic carbocycles. The van der Waals surface area contributed by atoms with Crippen molar-refractivity contribution in [3.63, 3.8) is 0 Å². The normalized spacial score (nSPS) is 11.0. The number of nitrogens with zero attached hydrogens (tertiary/aromatic N) is 1. The zero-order valence-electron chi connectivity index (χ0n) is 12.2. The van der Waals surface area contributed by atoms with Gasteiger partial charge in [-0.3, -0.25) is 0 Å².